The first-order chi connectivity index (χ1) is 13.1. The highest BCUT2D eigenvalue weighted by Crippen LogP contribution is 2.36. The molecular formula is C19H18N4O3S. The number of carbonyl (C=O) groups is 1. The Morgan fingerprint density at radius 2 is 2.11 bits per heavy atom. The third-order valence-corrected chi connectivity index (χ3v) is 6.30. The van der Waals surface area contributed by atoms with Crippen molar-refractivity contribution in [2.24, 2.45) is 0 Å². The van der Waals surface area contributed by atoms with Gasteiger partial charge in [0.15, 0.2) is 0 Å². The lowest BCUT2D eigenvalue weighted by Gasteiger charge is -2.24. The Bertz CT molecular complexity index is 1140. The van der Waals surface area contributed by atoms with Gasteiger partial charge in [0.1, 0.15) is 5.65 Å². The molecule has 1 saturated carbocycles. The number of hydrogen-bond donors (Lipinski definition) is 1. The van der Waals surface area contributed by atoms with Crippen molar-refractivity contribution in [3.63, 3.8) is 0 Å². The van der Waals surface area contributed by atoms with E-state index in [1.54, 1.807) is 17.4 Å². The summed E-state index contributed by atoms with van der Waals surface area (Å²) in [6.07, 6.45) is 5.19. The van der Waals surface area contributed by atoms with Crippen LogP contribution in [0.15, 0.2) is 39.4 Å². The molecule has 8 heteroatoms. The number of aromatic amines is 1. The van der Waals surface area contributed by atoms with E-state index in [1.165, 1.54) is 15.6 Å². The molecule has 1 amide bonds. The van der Waals surface area contributed by atoms with E-state index >= 15 is 0 Å². The second kappa shape index (κ2) is 6.16. The molecule has 2 fully saturated rings. The van der Waals surface area contributed by atoms with E-state index in [1.807, 2.05) is 16.3 Å². The standard InChI is InChI=1S/C19H18N4O3S/c24-17-13-9-11(10-20-16(13)23(12-5-6-12)19(26)21-17)18(25)22-7-1-3-14(22)15-4-2-8-27-15/h2,4,8-10,12,14H,1,3,5-7H2,(H,21,24,26). The van der Waals surface area contributed by atoms with Gasteiger partial charge in [0.05, 0.1) is 17.0 Å². The van der Waals surface area contributed by atoms with Crippen molar-refractivity contribution < 1.29 is 4.79 Å². The van der Waals surface area contributed by atoms with Gasteiger partial charge in [0, 0.05) is 23.7 Å². The number of rotatable bonds is 3. The molecule has 3 aromatic heterocycles. The highest BCUT2D eigenvalue weighted by Gasteiger charge is 2.32. The van der Waals surface area contributed by atoms with E-state index in [0.717, 1.165) is 25.7 Å². The summed E-state index contributed by atoms with van der Waals surface area (Å²) in [7, 11) is 0. The number of carbonyl (C=O) groups excluding carboxylic acids is 1. The highest BCUT2D eigenvalue weighted by atomic mass is 32.1. The predicted octanol–water partition coefficient (Wildman–Crippen LogP) is 2.46. The molecule has 0 bridgehead atoms. The van der Waals surface area contributed by atoms with Crippen LogP contribution >= 0.6 is 11.3 Å². The highest BCUT2D eigenvalue weighted by molar-refractivity contribution is 7.10. The minimum atomic E-state index is -0.495. The second-order valence-electron chi connectivity index (χ2n) is 7.13. The Labute approximate surface area is 158 Å². The monoisotopic (exact) mass is 382 g/mol. The van der Waals surface area contributed by atoms with Gasteiger partial charge in [-0.2, -0.15) is 0 Å². The quantitative estimate of drug-likeness (QED) is 0.754. The predicted molar refractivity (Wildman–Crippen MR) is 102 cm³/mol. The number of nitrogens with one attached hydrogen (secondary N) is 1. The van der Waals surface area contributed by atoms with Crippen LogP contribution in [-0.2, 0) is 0 Å². The van der Waals surface area contributed by atoms with Crippen molar-refractivity contribution in [2.75, 3.05) is 6.54 Å². The maximum absolute atomic E-state index is 13.1. The third kappa shape index (κ3) is 2.71. The van der Waals surface area contributed by atoms with Gasteiger partial charge in [0.25, 0.3) is 11.5 Å². The molecule has 138 valence electrons. The molecule has 1 aliphatic carbocycles. The van der Waals surface area contributed by atoms with Gasteiger partial charge >= 0.3 is 5.69 Å². The molecule has 0 radical (unpaired) electrons. The van der Waals surface area contributed by atoms with Gasteiger partial charge in [0.2, 0.25) is 0 Å². The van der Waals surface area contributed by atoms with Crippen molar-refractivity contribution >= 4 is 28.3 Å². The van der Waals surface area contributed by atoms with Crippen LogP contribution in [0.25, 0.3) is 11.0 Å². The molecule has 7 nitrogen and oxygen atoms in total. The lowest BCUT2D eigenvalue weighted by atomic mass is 10.1. The molecule has 1 saturated heterocycles. The zero-order chi connectivity index (χ0) is 18.5. The summed E-state index contributed by atoms with van der Waals surface area (Å²) >= 11 is 1.65. The van der Waals surface area contributed by atoms with Crippen LogP contribution in [0.5, 0.6) is 0 Å². The number of aromatic nitrogens is 3. The fraction of sp³-hybridized carbons (Fsp3) is 0.368. The Hall–Kier alpha value is -2.74. The van der Waals surface area contributed by atoms with Crippen LogP contribution in [0.1, 0.15) is 53.0 Å². The first kappa shape index (κ1) is 16.4. The average Bonchev–Trinajstić information content (AvgIpc) is 3.15. The fourth-order valence-electron chi connectivity index (χ4n) is 3.88. The Balaban J connectivity index is 1.56. The minimum absolute atomic E-state index is 0.0758. The molecule has 0 spiro atoms. The number of hydrogen-bond acceptors (Lipinski definition) is 5. The van der Waals surface area contributed by atoms with E-state index in [4.69, 9.17) is 0 Å². The van der Waals surface area contributed by atoms with Crippen molar-refractivity contribution in [3.8, 4) is 0 Å². The maximum atomic E-state index is 13.1. The zero-order valence-corrected chi connectivity index (χ0v) is 15.4. The second-order valence-corrected chi connectivity index (χ2v) is 8.11. The molecule has 1 unspecified atom stereocenters. The molecule has 3 aromatic rings. The number of likely N-dealkylation sites (tertiary alicyclic amines) is 1. The van der Waals surface area contributed by atoms with Crippen molar-refractivity contribution in [3.05, 3.63) is 61.1 Å². The summed E-state index contributed by atoms with van der Waals surface area (Å²) < 4.78 is 1.54. The maximum Gasteiger partial charge on any atom is 0.330 e. The normalized spacial score (nSPS) is 19.7. The van der Waals surface area contributed by atoms with E-state index in [9.17, 15) is 14.4 Å². The van der Waals surface area contributed by atoms with E-state index in [-0.39, 0.29) is 18.0 Å². The van der Waals surface area contributed by atoms with Crippen molar-refractivity contribution in [1.29, 1.82) is 0 Å². The number of nitrogens with zero attached hydrogens (tertiary/aromatic N) is 3. The summed E-state index contributed by atoms with van der Waals surface area (Å²) in [6, 6.07) is 5.79. The number of thiophene rings is 1. The van der Waals surface area contributed by atoms with Crippen LogP contribution < -0.4 is 11.2 Å². The van der Waals surface area contributed by atoms with Crippen LogP contribution in [0.4, 0.5) is 0 Å². The first-order valence-electron chi connectivity index (χ1n) is 9.12. The Kier molecular flexibility index (Phi) is 3.75. The molecule has 27 heavy (non-hydrogen) atoms. The summed E-state index contributed by atoms with van der Waals surface area (Å²) in [6.45, 7) is 0.692. The van der Waals surface area contributed by atoms with Crippen LogP contribution in [0.3, 0.4) is 0 Å². The molecule has 5 rings (SSSR count). The summed E-state index contributed by atoms with van der Waals surface area (Å²) in [5.41, 5.74) is -0.180. The average molecular weight is 382 g/mol. The number of pyridine rings is 1. The number of amides is 1. The lowest BCUT2D eigenvalue weighted by molar-refractivity contribution is 0.0737. The van der Waals surface area contributed by atoms with Gasteiger partial charge in [-0.05, 0) is 43.2 Å². The zero-order valence-electron chi connectivity index (χ0n) is 14.6. The van der Waals surface area contributed by atoms with Gasteiger partial charge in [-0.1, -0.05) is 6.07 Å². The van der Waals surface area contributed by atoms with Crippen molar-refractivity contribution in [1.82, 2.24) is 19.4 Å². The molecule has 4 heterocycles. The summed E-state index contributed by atoms with van der Waals surface area (Å²) in [5.74, 6) is -0.121. The van der Waals surface area contributed by atoms with Crippen molar-refractivity contribution in [2.45, 2.75) is 37.8 Å². The molecule has 2 aliphatic rings. The number of fused-ring (bicyclic) bond motifs is 1. The van der Waals surface area contributed by atoms with Gasteiger partial charge in [-0.15, -0.1) is 11.3 Å². The Morgan fingerprint density at radius 3 is 2.85 bits per heavy atom. The van der Waals surface area contributed by atoms with Crippen LogP contribution in [0, 0.1) is 0 Å². The molecule has 1 N–H and O–H groups in total. The van der Waals surface area contributed by atoms with Gasteiger partial charge in [-0.3, -0.25) is 19.1 Å². The smallest absolute Gasteiger partial charge is 0.330 e. The first-order valence-corrected chi connectivity index (χ1v) is 10.0. The van der Waals surface area contributed by atoms with Gasteiger partial charge < -0.3 is 4.90 Å². The van der Waals surface area contributed by atoms with Crippen LogP contribution in [-0.4, -0.2) is 31.9 Å². The molecule has 0 aromatic carbocycles. The molecule has 1 atom stereocenters. The van der Waals surface area contributed by atoms with Crippen LogP contribution in [0.2, 0.25) is 0 Å². The van der Waals surface area contributed by atoms with E-state index in [2.05, 4.69) is 16.0 Å². The van der Waals surface area contributed by atoms with Gasteiger partial charge in [-0.25, -0.2) is 9.78 Å². The molecule has 1 aliphatic heterocycles. The van der Waals surface area contributed by atoms with E-state index in [0.29, 0.717) is 23.1 Å². The van der Waals surface area contributed by atoms with E-state index < -0.39 is 11.2 Å². The summed E-state index contributed by atoms with van der Waals surface area (Å²) in [4.78, 5) is 47.3. The SMILES string of the molecule is O=C(c1cnc2c(c1)c(=O)[nH]c(=O)n2C1CC1)N1CCCC1c1cccs1. The lowest BCUT2D eigenvalue weighted by Crippen LogP contribution is -2.32. The topological polar surface area (TPSA) is 88.1 Å². The largest absolute Gasteiger partial charge is 0.331 e. The minimum Gasteiger partial charge on any atom is -0.331 e. The Morgan fingerprint density at radius 1 is 1.26 bits per heavy atom. The fourth-order valence-corrected chi connectivity index (χ4v) is 4.75. The third-order valence-electron chi connectivity index (χ3n) is 5.32. The molecular weight excluding hydrogens is 364 g/mol. The summed E-state index contributed by atoms with van der Waals surface area (Å²) in [5, 5.41) is 2.31. The number of H-pyrrole nitrogens is 1.